The first kappa shape index (κ1) is 30.9. The molecule has 4 heterocycles. The molecular weight excluding hydrogens is 597 g/mol. The van der Waals surface area contributed by atoms with Gasteiger partial charge in [-0.05, 0) is 55.7 Å². The molecule has 0 saturated carbocycles. The summed E-state index contributed by atoms with van der Waals surface area (Å²) in [6, 6.07) is 5.04. The highest BCUT2D eigenvalue weighted by Crippen LogP contribution is 2.45. The Morgan fingerprint density at radius 3 is 2.43 bits per heavy atom. The maximum atomic E-state index is 17.2. The zero-order chi connectivity index (χ0) is 33.4. The molecule has 0 spiro atoms. The number of likely N-dealkylation sites (N-methyl/N-ethyl adjacent to an activating group) is 1. The van der Waals surface area contributed by atoms with Gasteiger partial charge in [0, 0.05) is 42.5 Å². The van der Waals surface area contributed by atoms with Gasteiger partial charge in [0.15, 0.2) is 5.82 Å². The molecule has 0 aliphatic carbocycles. The molecule has 0 radical (unpaired) electrons. The van der Waals surface area contributed by atoms with Crippen LogP contribution in [0.25, 0.3) is 27.7 Å². The molecule has 2 unspecified atom stereocenters. The standard InChI is InChI=1S/C34H33F3N6O3/c1-7-24(44)41-15-23-33(45)40(6)32-31(42(23)14-18(41)5)19-13-21(36)26(25-20(35)9-8-10-22(25)38)27(37)30(19)43(34(32)46)29-17(4)11-12-39-28(29)16(2)3/h7-13,16,18,23H,1,14-15,38H2,2-6H3. The van der Waals surface area contributed by atoms with Crippen molar-refractivity contribution in [1.29, 1.82) is 0 Å². The molecule has 2 aliphatic rings. The highest BCUT2D eigenvalue weighted by Gasteiger charge is 2.46. The SMILES string of the molecule is C=CC(=O)N1CC2C(=O)N(C)c3c(c4cc(F)c(-c5c(N)cccc5F)c(F)c4n(-c4c(C)ccnc4C(C)C)c3=O)N2CC1C. The number of anilines is 3. The lowest BCUT2D eigenvalue weighted by Crippen LogP contribution is -2.66. The van der Waals surface area contributed by atoms with Crippen LogP contribution in [0.3, 0.4) is 0 Å². The first-order chi connectivity index (χ1) is 21.8. The number of carbonyl (C=O) groups excluding carboxylic acids is 2. The van der Waals surface area contributed by atoms with Crippen molar-refractivity contribution in [3.63, 3.8) is 0 Å². The van der Waals surface area contributed by atoms with E-state index in [1.165, 1.54) is 29.0 Å². The first-order valence-corrected chi connectivity index (χ1v) is 14.9. The average molecular weight is 631 g/mol. The minimum absolute atomic E-state index is 0.0127. The zero-order valence-electron chi connectivity index (χ0n) is 26.1. The first-order valence-electron chi connectivity index (χ1n) is 14.9. The van der Waals surface area contributed by atoms with Crippen LogP contribution in [0.2, 0.25) is 0 Å². The van der Waals surface area contributed by atoms with Gasteiger partial charge in [-0.15, -0.1) is 0 Å². The van der Waals surface area contributed by atoms with Gasteiger partial charge in [-0.25, -0.2) is 13.2 Å². The number of piperazine rings is 1. The lowest BCUT2D eigenvalue weighted by atomic mass is 9.94. The minimum Gasteiger partial charge on any atom is -0.398 e. The summed E-state index contributed by atoms with van der Waals surface area (Å²) >= 11 is 0. The van der Waals surface area contributed by atoms with E-state index in [2.05, 4.69) is 11.6 Å². The molecule has 1 saturated heterocycles. The van der Waals surface area contributed by atoms with Gasteiger partial charge in [0.25, 0.3) is 11.5 Å². The van der Waals surface area contributed by atoms with E-state index in [-0.39, 0.29) is 58.6 Å². The Morgan fingerprint density at radius 1 is 1.07 bits per heavy atom. The fourth-order valence-electron chi connectivity index (χ4n) is 6.76. The van der Waals surface area contributed by atoms with E-state index in [4.69, 9.17) is 5.73 Å². The molecule has 2 atom stereocenters. The minimum atomic E-state index is -1.20. The van der Waals surface area contributed by atoms with Gasteiger partial charge in [0.1, 0.15) is 23.4 Å². The van der Waals surface area contributed by atoms with Gasteiger partial charge in [-0.2, -0.15) is 0 Å². The van der Waals surface area contributed by atoms with Crippen LogP contribution in [0, 0.1) is 24.4 Å². The summed E-state index contributed by atoms with van der Waals surface area (Å²) in [7, 11) is 1.42. The van der Waals surface area contributed by atoms with Crippen molar-refractivity contribution >= 4 is 39.8 Å². The number of halogens is 3. The van der Waals surface area contributed by atoms with E-state index in [1.807, 2.05) is 13.8 Å². The molecular formula is C34H33F3N6O3. The van der Waals surface area contributed by atoms with Gasteiger partial charge in [0.2, 0.25) is 5.91 Å². The molecule has 4 aromatic rings. The molecule has 9 nitrogen and oxygen atoms in total. The number of rotatable bonds is 4. The van der Waals surface area contributed by atoms with E-state index in [0.29, 0.717) is 11.3 Å². The molecule has 46 heavy (non-hydrogen) atoms. The summed E-state index contributed by atoms with van der Waals surface area (Å²) in [6.45, 7) is 10.9. The number of benzene rings is 2. The van der Waals surface area contributed by atoms with Gasteiger partial charge in [-0.1, -0.05) is 26.5 Å². The van der Waals surface area contributed by atoms with Crippen LogP contribution in [-0.4, -0.2) is 58.5 Å². The Labute approximate surface area is 263 Å². The molecule has 2 amide bonds. The van der Waals surface area contributed by atoms with Crippen molar-refractivity contribution in [2.45, 2.75) is 45.7 Å². The third-order valence-electron chi connectivity index (χ3n) is 8.96. The summed E-state index contributed by atoms with van der Waals surface area (Å²) < 4.78 is 49.8. The van der Waals surface area contributed by atoms with Crippen molar-refractivity contribution in [3.8, 4) is 16.8 Å². The number of nitrogens with two attached hydrogens (primary N) is 1. The molecule has 2 N–H and O–H groups in total. The molecule has 12 heteroatoms. The molecule has 6 rings (SSSR count). The van der Waals surface area contributed by atoms with E-state index >= 15 is 13.2 Å². The largest absolute Gasteiger partial charge is 0.398 e. The highest BCUT2D eigenvalue weighted by molar-refractivity contribution is 6.13. The summed E-state index contributed by atoms with van der Waals surface area (Å²) in [6.07, 6.45) is 2.74. The lowest BCUT2D eigenvalue weighted by molar-refractivity contribution is -0.130. The fourth-order valence-corrected chi connectivity index (χ4v) is 6.76. The molecule has 2 aromatic heterocycles. The number of aromatic nitrogens is 2. The number of hydrogen-bond donors (Lipinski definition) is 1. The zero-order valence-corrected chi connectivity index (χ0v) is 26.1. The van der Waals surface area contributed by atoms with Crippen LogP contribution in [0.5, 0.6) is 0 Å². The van der Waals surface area contributed by atoms with Crippen LogP contribution in [0.1, 0.15) is 37.9 Å². The third kappa shape index (κ3) is 4.38. The Morgan fingerprint density at radius 2 is 1.78 bits per heavy atom. The Kier molecular flexibility index (Phi) is 7.41. The Hall–Kier alpha value is -5.13. The number of hydrogen-bond acceptors (Lipinski definition) is 6. The molecule has 2 aromatic carbocycles. The van der Waals surface area contributed by atoms with Crippen LogP contribution >= 0.6 is 0 Å². The predicted molar refractivity (Wildman–Crippen MR) is 172 cm³/mol. The van der Waals surface area contributed by atoms with E-state index in [9.17, 15) is 14.4 Å². The number of carbonyl (C=O) groups is 2. The average Bonchev–Trinajstić information content (AvgIpc) is 3.00. The van der Waals surface area contributed by atoms with E-state index in [1.54, 1.807) is 31.0 Å². The number of amides is 2. The predicted octanol–water partition coefficient (Wildman–Crippen LogP) is 5.05. The second-order valence-corrected chi connectivity index (χ2v) is 12.1. The van der Waals surface area contributed by atoms with Crippen molar-refractivity contribution in [2.75, 3.05) is 35.7 Å². The van der Waals surface area contributed by atoms with Crippen molar-refractivity contribution in [1.82, 2.24) is 14.5 Å². The van der Waals surface area contributed by atoms with Gasteiger partial charge >= 0.3 is 0 Å². The maximum absolute atomic E-state index is 17.2. The summed E-state index contributed by atoms with van der Waals surface area (Å²) in [5.41, 5.74) is 4.96. The number of aryl methyl sites for hydroxylation is 1. The van der Waals surface area contributed by atoms with E-state index in [0.717, 1.165) is 22.8 Å². The molecule has 238 valence electrons. The van der Waals surface area contributed by atoms with E-state index < -0.39 is 52.1 Å². The lowest BCUT2D eigenvalue weighted by Gasteiger charge is -2.50. The highest BCUT2D eigenvalue weighted by atomic mass is 19.1. The second-order valence-electron chi connectivity index (χ2n) is 12.1. The van der Waals surface area contributed by atoms with Gasteiger partial charge in [0.05, 0.1) is 34.7 Å². The quantitative estimate of drug-likeness (QED) is 0.250. The van der Waals surface area contributed by atoms with Crippen LogP contribution in [-0.2, 0) is 9.59 Å². The third-order valence-corrected chi connectivity index (χ3v) is 8.96. The number of nitrogen functional groups attached to an aromatic ring is 1. The molecule has 2 aliphatic heterocycles. The van der Waals surface area contributed by atoms with Gasteiger partial charge < -0.3 is 20.4 Å². The van der Waals surface area contributed by atoms with Crippen molar-refractivity contribution < 1.29 is 22.8 Å². The second kappa shape index (κ2) is 11.0. The van der Waals surface area contributed by atoms with Crippen molar-refractivity contribution in [2.24, 2.45) is 0 Å². The topological polar surface area (TPSA) is 105 Å². The normalized spacial score (nSPS) is 17.8. The maximum Gasteiger partial charge on any atom is 0.281 e. The Bertz CT molecular complexity index is 2020. The fraction of sp³-hybridized carbons (Fsp3) is 0.294. The monoisotopic (exact) mass is 630 g/mol. The summed E-state index contributed by atoms with van der Waals surface area (Å²) in [4.78, 5) is 50.1. The summed E-state index contributed by atoms with van der Waals surface area (Å²) in [5, 5.41) is -0.0127. The van der Waals surface area contributed by atoms with Crippen molar-refractivity contribution in [3.05, 3.63) is 88.2 Å². The number of pyridine rings is 2. The Balaban J connectivity index is 1.80. The number of nitrogens with zero attached hydrogens (tertiary/aromatic N) is 5. The van der Waals surface area contributed by atoms with Crippen LogP contribution in [0.15, 0.2) is 54.0 Å². The molecule has 1 fully saturated rings. The van der Waals surface area contributed by atoms with Gasteiger partial charge in [-0.3, -0.25) is 23.9 Å². The molecule has 0 bridgehead atoms. The number of fused-ring (bicyclic) bond motifs is 5. The van der Waals surface area contributed by atoms with Crippen LogP contribution in [0.4, 0.5) is 30.2 Å². The summed E-state index contributed by atoms with van der Waals surface area (Å²) in [5.74, 6) is -4.30. The van der Waals surface area contributed by atoms with Crippen LogP contribution < -0.4 is 21.1 Å². The smallest absolute Gasteiger partial charge is 0.281 e.